The molecular formula is C13H18ClN3O2S. The third-order valence-electron chi connectivity index (χ3n) is 3.21. The zero-order chi connectivity index (χ0) is 14.5. The molecule has 3 N–H and O–H groups in total. The first-order chi connectivity index (χ1) is 9.56. The number of rotatable bonds is 3. The van der Waals surface area contributed by atoms with Crippen LogP contribution in [0.5, 0.6) is 0 Å². The van der Waals surface area contributed by atoms with E-state index in [1.165, 1.54) is 11.3 Å². The zero-order valence-electron chi connectivity index (χ0n) is 11.2. The summed E-state index contributed by atoms with van der Waals surface area (Å²) >= 11 is 7.30. The standard InChI is InChI=1S/C13H18ClN3O2S/c1-8(10-5-6-11(14)20-10)16-13(19)17-9-4-2-3-7-15-12(9)18/h5-6,8-9H,2-4,7H2,1H3,(H,15,18)(H2,16,17,19). The summed E-state index contributed by atoms with van der Waals surface area (Å²) in [7, 11) is 0. The summed E-state index contributed by atoms with van der Waals surface area (Å²) in [4.78, 5) is 24.7. The second-order valence-corrected chi connectivity index (χ2v) is 6.57. The maximum atomic E-state index is 11.9. The number of urea groups is 1. The Labute approximate surface area is 127 Å². The number of hydrogen-bond acceptors (Lipinski definition) is 3. The van der Waals surface area contributed by atoms with Crippen LogP contribution in [0.1, 0.15) is 37.1 Å². The molecule has 1 aromatic heterocycles. The smallest absolute Gasteiger partial charge is 0.315 e. The van der Waals surface area contributed by atoms with Gasteiger partial charge in [0.15, 0.2) is 0 Å². The average Bonchev–Trinajstić information content (AvgIpc) is 2.73. The molecule has 2 unspecified atom stereocenters. The van der Waals surface area contributed by atoms with Gasteiger partial charge in [-0.3, -0.25) is 4.79 Å². The van der Waals surface area contributed by atoms with Gasteiger partial charge in [-0.15, -0.1) is 11.3 Å². The molecule has 1 aliphatic rings. The summed E-state index contributed by atoms with van der Waals surface area (Å²) in [5.74, 6) is -0.107. The molecule has 1 aromatic rings. The van der Waals surface area contributed by atoms with Crippen LogP contribution >= 0.6 is 22.9 Å². The van der Waals surface area contributed by atoms with E-state index in [9.17, 15) is 9.59 Å². The molecule has 0 spiro atoms. The van der Waals surface area contributed by atoms with Crippen LogP contribution in [0.4, 0.5) is 4.79 Å². The van der Waals surface area contributed by atoms with Crippen molar-refractivity contribution in [1.29, 1.82) is 0 Å². The molecule has 2 heterocycles. The number of hydrogen-bond donors (Lipinski definition) is 3. The summed E-state index contributed by atoms with van der Waals surface area (Å²) in [6, 6.07) is 2.77. The van der Waals surface area contributed by atoms with E-state index < -0.39 is 6.04 Å². The summed E-state index contributed by atoms with van der Waals surface area (Å²) < 4.78 is 0.692. The topological polar surface area (TPSA) is 70.2 Å². The minimum atomic E-state index is -0.448. The van der Waals surface area contributed by atoms with E-state index in [-0.39, 0.29) is 18.0 Å². The lowest BCUT2D eigenvalue weighted by molar-refractivity contribution is -0.122. The molecule has 2 atom stereocenters. The van der Waals surface area contributed by atoms with E-state index in [0.717, 1.165) is 17.7 Å². The predicted molar refractivity (Wildman–Crippen MR) is 80.1 cm³/mol. The summed E-state index contributed by atoms with van der Waals surface area (Å²) in [5, 5.41) is 8.34. The number of carbonyl (C=O) groups excluding carboxylic acids is 2. The molecule has 0 aromatic carbocycles. The lowest BCUT2D eigenvalue weighted by Gasteiger charge is -2.18. The summed E-state index contributed by atoms with van der Waals surface area (Å²) in [6.45, 7) is 2.57. The lowest BCUT2D eigenvalue weighted by atomic mass is 10.1. The lowest BCUT2D eigenvalue weighted by Crippen LogP contribution is -2.49. The van der Waals surface area contributed by atoms with Gasteiger partial charge in [0.1, 0.15) is 6.04 Å². The second-order valence-electron chi connectivity index (χ2n) is 4.82. The Morgan fingerprint density at radius 1 is 1.50 bits per heavy atom. The Balaban J connectivity index is 1.86. The van der Waals surface area contributed by atoms with Gasteiger partial charge in [0.25, 0.3) is 0 Å². The molecule has 7 heteroatoms. The van der Waals surface area contributed by atoms with Gasteiger partial charge in [0.05, 0.1) is 10.4 Å². The van der Waals surface area contributed by atoms with E-state index in [4.69, 9.17) is 11.6 Å². The quantitative estimate of drug-likeness (QED) is 0.801. The van der Waals surface area contributed by atoms with Gasteiger partial charge >= 0.3 is 6.03 Å². The highest BCUT2D eigenvalue weighted by Gasteiger charge is 2.23. The maximum absolute atomic E-state index is 11.9. The largest absolute Gasteiger partial charge is 0.354 e. The Morgan fingerprint density at radius 2 is 2.30 bits per heavy atom. The van der Waals surface area contributed by atoms with Gasteiger partial charge in [-0.05, 0) is 38.3 Å². The van der Waals surface area contributed by atoms with Crippen LogP contribution < -0.4 is 16.0 Å². The third kappa shape index (κ3) is 4.11. The Bertz CT molecular complexity index is 492. The van der Waals surface area contributed by atoms with Crippen molar-refractivity contribution in [2.24, 2.45) is 0 Å². The fourth-order valence-corrected chi connectivity index (χ4v) is 3.17. The molecule has 0 saturated carbocycles. The highest BCUT2D eigenvalue weighted by Crippen LogP contribution is 2.26. The van der Waals surface area contributed by atoms with Gasteiger partial charge < -0.3 is 16.0 Å². The van der Waals surface area contributed by atoms with Crippen molar-refractivity contribution in [1.82, 2.24) is 16.0 Å². The van der Waals surface area contributed by atoms with E-state index in [1.807, 2.05) is 13.0 Å². The SMILES string of the molecule is CC(NC(=O)NC1CCCCNC1=O)c1ccc(Cl)s1. The molecule has 0 radical (unpaired) electrons. The maximum Gasteiger partial charge on any atom is 0.315 e. The van der Waals surface area contributed by atoms with Crippen LogP contribution in [0.3, 0.4) is 0 Å². The first-order valence-corrected chi connectivity index (χ1v) is 7.85. The molecule has 1 aliphatic heterocycles. The van der Waals surface area contributed by atoms with Crippen molar-refractivity contribution >= 4 is 34.9 Å². The minimum Gasteiger partial charge on any atom is -0.354 e. The number of halogens is 1. The van der Waals surface area contributed by atoms with Crippen LogP contribution in [0.25, 0.3) is 0 Å². The Hall–Kier alpha value is -1.27. The number of thiophene rings is 1. The molecular weight excluding hydrogens is 298 g/mol. The zero-order valence-corrected chi connectivity index (χ0v) is 12.8. The monoisotopic (exact) mass is 315 g/mol. The summed E-state index contributed by atoms with van der Waals surface area (Å²) in [6.07, 6.45) is 2.56. The molecule has 0 bridgehead atoms. The van der Waals surface area contributed by atoms with Gasteiger partial charge in [0, 0.05) is 11.4 Å². The van der Waals surface area contributed by atoms with Crippen molar-refractivity contribution < 1.29 is 9.59 Å². The van der Waals surface area contributed by atoms with Crippen molar-refractivity contribution in [3.8, 4) is 0 Å². The van der Waals surface area contributed by atoms with Crippen molar-refractivity contribution in [2.75, 3.05) is 6.54 Å². The minimum absolute atomic E-state index is 0.107. The molecule has 110 valence electrons. The highest BCUT2D eigenvalue weighted by molar-refractivity contribution is 7.16. The van der Waals surface area contributed by atoms with Crippen molar-refractivity contribution in [3.63, 3.8) is 0 Å². The normalized spacial score (nSPS) is 20.7. The Kier molecular flexibility index (Phi) is 5.25. The average molecular weight is 316 g/mol. The van der Waals surface area contributed by atoms with E-state index in [1.54, 1.807) is 6.07 Å². The van der Waals surface area contributed by atoms with Gasteiger partial charge in [-0.25, -0.2) is 4.79 Å². The Morgan fingerprint density at radius 3 is 3.00 bits per heavy atom. The number of amides is 3. The molecule has 2 rings (SSSR count). The molecule has 20 heavy (non-hydrogen) atoms. The molecule has 1 saturated heterocycles. The summed E-state index contributed by atoms with van der Waals surface area (Å²) in [5.41, 5.74) is 0. The van der Waals surface area contributed by atoms with Gasteiger partial charge in [0.2, 0.25) is 5.91 Å². The third-order valence-corrected chi connectivity index (χ3v) is 4.62. The second kappa shape index (κ2) is 6.95. The number of nitrogens with one attached hydrogen (secondary N) is 3. The van der Waals surface area contributed by atoms with E-state index in [0.29, 0.717) is 17.3 Å². The van der Waals surface area contributed by atoms with Crippen LogP contribution in [-0.2, 0) is 4.79 Å². The molecule has 3 amide bonds. The predicted octanol–water partition coefficient (Wildman–Crippen LogP) is 2.43. The van der Waals surface area contributed by atoms with E-state index >= 15 is 0 Å². The first-order valence-electron chi connectivity index (χ1n) is 6.66. The van der Waals surface area contributed by atoms with Gasteiger partial charge in [-0.2, -0.15) is 0 Å². The number of carbonyl (C=O) groups is 2. The highest BCUT2D eigenvalue weighted by atomic mass is 35.5. The molecule has 1 fully saturated rings. The fraction of sp³-hybridized carbons (Fsp3) is 0.538. The van der Waals surface area contributed by atoms with Crippen molar-refractivity contribution in [2.45, 2.75) is 38.3 Å². The van der Waals surface area contributed by atoms with Crippen LogP contribution in [0.15, 0.2) is 12.1 Å². The molecule has 5 nitrogen and oxygen atoms in total. The van der Waals surface area contributed by atoms with Crippen molar-refractivity contribution in [3.05, 3.63) is 21.3 Å². The van der Waals surface area contributed by atoms with E-state index in [2.05, 4.69) is 16.0 Å². The fourth-order valence-electron chi connectivity index (χ4n) is 2.11. The first kappa shape index (κ1) is 15.1. The van der Waals surface area contributed by atoms with Crippen LogP contribution in [-0.4, -0.2) is 24.5 Å². The van der Waals surface area contributed by atoms with Crippen LogP contribution in [0.2, 0.25) is 4.34 Å². The van der Waals surface area contributed by atoms with Gasteiger partial charge in [-0.1, -0.05) is 11.6 Å². The van der Waals surface area contributed by atoms with Crippen LogP contribution in [0, 0.1) is 0 Å². The molecule has 0 aliphatic carbocycles.